The van der Waals surface area contributed by atoms with E-state index in [-0.39, 0.29) is 23.6 Å². The number of carbonyl (C=O) groups excluding carboxylic acids is 3. The number of methoxy groups -OCH3 is 1. The minimum absolute atomic E-state index is 0.0646. The van der Waals surface area contributed by atoms with Crippen LogP contribution in [0.1, 0.15) is 16.7 Å². The Morgan fingerprint density at radius 1 is 1.08 bits per heavy atom. The van der Waals surface area contributed by atoms with E-state index in [0.29, 0.717) is 34.1 Å². The highest BCUT2D eigenvalue weighted by Crippen LogP contribution is 2.36. The summed E-state index contributed by atoms with van der Waals surface area (Å²) in [6.45, 7) is 3.96. The van der Waals surface area contributed by atoms with Gasteiger partial charge in [0.25, 0.3) is 17.5 Å². The lowest BCUT2D eigenvalue weighted by molar-refractivity contribution is -0.384. The summed E-state index contributed by atoms with van der Waals surface area (Å²) in [5, 5.41) is 13.6. The number of non-ortho nitro benzene ring substituents is 1. The number of nitro benzene ring substituents is 1. The van der Waals surface area contributed by atoms with Crippen molar-refractivity contribution in [2.24, 2.45) is 0 Å². The number of barbiturate groups is 1. The van der Waals surface area contributed by atoms with E-state index < -0.39 is 22.8 Å². The average Bonchev–Trinajstić information content (AvgIpc) is 2.91. The molecule has 0 radical (unpaired) electrons. The largest absolute Gasteiger partial charge is 0.493 e. The second-order valence-corrected chi connectivity index (χ2v) is 8.72. The van der Waals surface area contributed by atoms with E-state index in [1.165, 1.54) is 25.3 Å². The molecule has 3 aromatic rings. The minimum Gasteiger partial charge on any atom is -0.493 e. The number of carbonyl (C=O) groups is 3. The summed E-state index contributed by atoms with van der Waals surface area (Å²) in [5.41, 5.74) is 1.42. The van der Waals surface area contributed by atoms with E-state index in [0.717, 1.165) is 22.6 Å². The van der Waals surface area contributed by atoms with Crippen LogP contribution in [0.5, 0.6) is 11.5 Å². The number of ether oxygens (including phenoxy) is 2. The van der Waals surface area contributed by atoms with Crippen LogP contribution < -0.4 is 19.7 Å². The van der Waals surface area contributed by atoms with E-state index in [4.69, 9.17) is 21.1 Å². The molecule has 0 spiro atoms. The van der Waals surface area contributed by atoms with E-state index in [9.17, 15) is 24.5 Å². The van der Waals surface area contributed by atoms with Gasteiger partial charge < -0.3 is 9.47 Å². The molecule has 39 heavy (non-hydrogen) atoms. The maximum Gasteiger partial charge on any atom is 0.335 e. The van der Waals surface area contributed by atoms with Gasteiger partial charge in [-0.1, -0.05) is 35.9 Å². The van der Waals surface area contributed by atoms with E-state index in [1.807, 2.05) is 18.2 Å². The van der Waals surface area contributed by atoms with Gasteiger partial charge in [0.2, 0.25) is 0 Å². The number of anilines is 1. The SMILES string of the molecule is C=CCc1cc(/C=C2\C(=O)NC(=O)N(c3ccc([N+](=O)[O-])cc3)C2=O)cc(OC)c1OCc1ccccc1Cl. The Kier molecular flexibility index (Phi) is 8.07. The van der Waals surface area contributed by atoms with Crippen molar-refractivity contribution in [1.82, 2.24) is 5.32 Å². The molecule has 0 bridgehead atoms. The van der Waals surface area contributed by atoms with Gasteiger partial charge in [-0.2, -0.15) is 0 Å². The highest BCUT2D eigenvalue weighted by atomic mass is 35.5. The topological polar surface area (TPSA) is 128 Å². The number of amides is 4. The molecule has 11 heteroatoms. The summed E-state index contributed by atoms with van der Waals surface area (Å²) in [6.07, 6.45) is 3.38. The summed E-state index contributed by atoms with van der Waals surface area (Å²) in [7, 11) is 1.46. The first-order chi connectivity index (χ1) is 18.7. The van der Waals surface area contributed by atoms with Gasteiger partial charge in [0.1, 0.15) is 12.2 Å². The highest BCUT2D eigenvalue weighted by Gasteiger charge is 2.37. The lowest BCUT2D eigenvalue weighted by Gasteiger charge is -2.26. The van der Waals surface area contributed by atoms with Crippen LogP contribution in [0, 0.1) is 10.1 Å². The minimum atomic E-state index is -0.968. The van der Waals surface area contributed by atoms with Crippen LogP contribution in [0.4, 0.5) is 16.2 Å². The molecule has 0 unspecified atom stereocenters. The molecule has 198 valence electrons. The van der Waals surface area contributed by atoms with E-state index in [2.05, 4.69) is 11.9 Å². The monoisotopic (exact) mass is 547 g/mol. The molecular weight excluding hydrogens is 526 g/mol. The Labute approximate surface area is 228 Å². The van der Waals surface area contributed by atoms with Crippen molar-refractivity contribution < 1.29 is 28.8 Å². The van der Waals surface area contributed by atoms with Crippen LogP contribution in [0.25, 0.3) is 6.08 Å². The Balaban J connectivity index is 1.69. The number of imide groups is 2. The molecule has 1 N–H and O–H groups in total. The molecule has 1 fully saturated rings. The third-order valence-corrected chi connectivity index (χ3v) is 6.17. The summed E-state index contributed by atoms with van der Waals surface area (Å²) >= 11 is 6.25. The Morgan fingerprint density at radius 3 is 2.44 bits per heavy atom. The number of hydrogen-bond acceptors (Lipinski definition) is 7. The molecule has 1 aliphatic heterocycles. The zero-order valence-electron chi connectivity index (χ0n) is 20.7. The molecule has 0 atom stereocenters. The van der Waals surface area contributed by atoms with E-state index >= 15 is 0 Å². The first-order valence-corrected chi connectivity index (χ1v) is 11.9. The molecule has 0 aromatic heterocycles. The zero-order chi connectivity index (χ0) is 28.1. The van der Waals surface area contributed by atoms with Gasteiger partial charge in [0.05, 0.1) is 17.7 Å². The number of halogens is 1. The van der Waals surface area contributed by atoms with Gasteiger partial charge in [-0.25, -0.2) is 9.69 Å². The quantitative estimate of drug-likeness (QED) is 0.128. The predicted octanol–water partition coefficient (Wildman–Crippen LogP) is 5.23. The third-order valence-electron chi connectivity index (χ3n) is 5.80. The summed E-state index contributed by atoms with van der Waals surface area (Å²) in [4.78, 5) is 49.5. The normalized spacial score (nSPS) is 14.3. The Bertz CT molecular complexity index is 1520. The first-order valence-electron chi connectivity index (χ1n) is 11.6. The van der Waals surface area contributed by atoms with Gasteiger partial charge in [0, 0.05) is 28.3 Å². The number of rotatable bonds is 9. The number of allylic oxidation sites excluding steroid dienone is 1. The lowest BCUT2D eigenvalue weighted by Crippen LogP contribution is -2.54. The third kappa shape index (κ3) is 5.81. The van der Waals surface area contributed by atoms with Crippen molar-refractivity contribution in [3.63, 3.8) is 0 Å². The van der Waals surface area contributed by atoms with Crippen LogP contribution in [0.3, 0.4) is 0 Å². The van der Waals surface area contributed by atoms with Crippen molar-refractivity contribution in [3.8, 4) is 11.5 Å². The fraction of sp³-hybridized carbons (Fsp3) is 0.107. The molecule has 1 heterocycles. The first kappa shape index (κ1) is 27.1. The number of nitrogens with one attached hydrogen (secondary N) is 1. The fourth-order valence-electron chi connectivity index (χ4n) is 3.94. The molecule has 1 saturated heterocycles. The van der Waals surface area contributed by atoms with Gasteiger partial charge in [-0.05, 0) is 48.4 Å². The summed E-state index contributed by atoms with van der Waals surface area (Å²) in [5.74, 6) is -0.978. The average molecular weight is 548 g/mol. The number of urea groups is 1. The molecule has 0 aliphatic carbocycles. The molecule has 0 saturated carbocycles. The molecule has 4 amide bonds. The van der Waals surface area contributed by atoms with Gasteiger partial charge in [0.15, 0.2) is 11.5 Å². The second-order valence-electron chi connectivity index (χ2n) is 8.32. The van der Waals surface area contributed by atoms with Gasteiger partial charge in [-0.15, -0.1) is 6.58 Å². The van der Waals surface area contributed by atoms with Crippen LogP contribution in [-0.2, 0) is 22.6 Å². The Hall–Kier alpha value is -4.96. The smallest absolute Gasteiger partial charge is 0.335 e. The van der Waals surface area contributed by atoms with E-state index in [1.54, 1.807) is 24.3 Å². The van der Waals surface area contributed by atoms with Crippen LogP contribution in [-0.4, -0.2) is 29.9 Å². The van der Waals surface area contributed by atoms with Crippen LogP contribution in [0.2, 0.25) is 5.02 Å². The fourth-order valence-corrected chi connectivity index (χ4v) is 4.13. The lowest BCUT2D eigenvalue weighted by atomic mass is 10.0. The Morgan fingerprint density at radius 2 is 1.79 bits per heavy atom. The van der Waals surface area contributed by atoms with Crippen LogP contribution >= 0.6 is 11.6 Å². The molecular formula is C28H22ClN3O7. The number of hydrogen-bond donors (Lipinski definition) is 1. The number of nitro groups is 1. The van der Waals surface area contributed by atoms with Crippen molar-refractivity contribution in [2.45, 2.75) is 13.0 Å². The number of benzene rings is 3. The van der Waals surface area contributed by atoms with Crippen molar-refractivity contribution >= 4 is 46.9 Å². The summed E-state index contributed by atoms with van der Waals surface area (Å²) < 4.78 is 11.6. The molecule has 4 rings (SSSR count). The van der Waals surface area contributed by atoms with Crippen molar-refractivity contribution in [2.75, 3.05) is 12.0 Å². The van der Waals surface area contributed by atoms with Crippen LogP contribution in [0.15, 0.2) is 78.9 Å². The zero-order valence-corrected chi connectivity index (χ0v) is 21.4. The second kappa shape index (κ2) is 11.6. The highest BCUT2D eigenvalue weighted by molar-refractivity contribution is 6.39. The number of nitrogens with zero attached hydrogens (tertiary/aromatic N) is 2. The predicted molar refractivity (Wildman–Crippen MR) is 145 cm³/mol. The summed E-state index contributed by atoms with van der Waals surface area (Å²) in [6, 6.07) is 14.4. The molecule has 1 aliphatic rings. The maximum atomic E-state index is 13.3. The molecule has 3 aromatic carbocycles. The standard InChI is InChI=1S/C28H22ClN3O7/c1-3-6-18-13-17(15-24(38-2)25(18)39-16-19-7-4-5-8-23(19)29)14-22-26(33)30-28(35)31(27(22)34)20-9-11-21(12-10-20)32(36)37/h3-5,7-15H,1,6,16H2,2H3,(H,30,33,35)/b22-14+. The molecule has 10 nitrogen and oxygen atoms in total. The van der Waals surface area contributed by atoms with Gasteiger partial charge >= 0.3 is 6.03 Å². The van der Waals surface area contributed by atoms with Gasteiger partial charge in [-0.3, -0.25) is 25.0 Å². The maximum absolute atomic E-state index is 13.3. The van der Waals surface area contributed by atoms with Crippen molar-refractivity contribution in [3.05, 3.63) is 111 Å². The van der Waals surface area contributed by atoms with Crippen molar-refractivity contribution in [1.29, 1.82) is 0 Å².